The third kappa shape index (κ3) is 5.74. The van der Waals surface area contributed by atoms with Gasteiger partial charge in [-0.2, -0.15) is 0 Å². The highest BCUT2D eigenvalue weighted by Gasteiger charge is 2.28. The van der Waals surface area contributed by atoms with Crippen LogP contribution in [0.15, 0.2) is 54.6 Å². The summed E-state index contributed by atoms with van der Waals surface area (Å²) < 4.78 is 3.11. The van der Waals surface area contributed by atoms with Gasteiger partial charge in [-0.25, -0.2) is 9.56 Å². The van der Waals surface area contributed by atoms with E-state index in [1.807, 2.05) is 28.8 Å². The number of aliphatic hydroxyl groups excluding tert-OH is 1. The van der Waals surface area contributed by atoms with Crippen LogP contribution >= 0.6 is 11.3 Å². The molecule has 2 heterocycles. The monoisotopic (exact) mass is 486 g/mol. The predicted molar refractivity (Wildman–Crippen MR) is 143 cm³/mol. The van der Waals surface area contributed by atoms with Gasteiger partial charge < -0.3 is 10.4 Å². The number of anilines is 2. The summed E-state index contributed by atoms with van der Waals surface area (Å²) in [7, 11) is 0. The molecule has 1 fully saturated rings. The molecule has 1 aliphatic rings. The number of thiazole rings is 1. The Hall–Kier alpha value is -3.16. The van der Waals surface area contributed by atoms with Gasteiger partial charge in [-0.1, -0.05) is 66.1 Å². The highest BCUT2D eigenvalue weighted by atomic mass is 32.1. The SMILES string of the molecule is C=[N+](c1nc(Cc2ccccc2)cc(Nc2nc3ccc(CCC)cc3s2)n1)C1CCC(O)CC1. The normalized spacial score (nSPS) is 18.0. The minimum atomic E-state index is -0.209. The van der Waals surface area contributed by atoms with Gasteiger partial charge in [0.1, 0.15) is 5.69 Å². The number of benzene rings is 2. The van der Waals surface area contributed by atoms with Gasteiger partial charge in [0, 0.05) is 19.2 Å². The van der Waals surface area contributed by atoms with E-state index in [9.17, 15) is 5.11 Å². The van der Waals surface area contributed by atoms with Crippen molar-refractivity contribution in [3.05, 3.63) is 71.4 Å². The lowest BCUT2D eigenvalue weighted by Crippen LogP contribution is -2.30. The fourth-order valence-corrected chi connectivity index (χ4v) is 5.62. The predicted octanol–water partition coefficient (Wildman–Crippen LogP) is 6.02. The Morgan fingerprint density at radius 3 is 2.57 bits per heavy atom. The molecule has 0 atom stereocenters. The fourth-order valence-electron chi connectivity index (χ4n) is 4.68. The van der Waals surface area contributed by atoms with E-state index in [4.69, 9.17) is 15.0 Å². The molecule has 7 heteroatoms. The number of nitrogens with one attached hydrogen (secondary N) is 1. The van der Waals surface area contributed by atoms with E-state index in [-0.39, 0.29) is 12.1 Å². The number of nitrogens with zero attached hydrogens (tertiary/aromatic N) is 4. The Balaban J connectivity index is 1.44. The first-order valence-corrected chi connectivity index (χ1v) is 13.2. The second-order valence-corrected chi connectivity index (χ2v) is 10.4. The molecular weight excluding hydrogens is 454 g/mol. The summed E-state index contributed by atoms with van der Waals surface area (Å²) in [6.07, 6.45) is 6.06. The van der Waals surface area contributed by atoms with Crippen LogP contribution in [0.2, 0.25) is 0 Å². The molecule has 0 aliphatic heterocycles. The number of rotatable bonds is 8. The molecule has 180 valence electrons. The first-order chi connectivity index (χ1) is 17.1. The van der Waals surface area contributed by atoms with Gasteiger partial charge in [0.05, 0.1) is 22.4 Å². The second-order valence-electron chi connectivity index (χ2n) is 9.34. The van der Waals surface area contributed by atoms with Crippen molar-refractivity contribution >= 4 is 45.2 Å². The molecule has 6 nitrogen and oxygen atoms in total. The highest BCUT2D eigenvalue weighted by molar-refractivity contribution is 7.22. The topological polar surface area (TPSA) is 73.9 Å². The Labute approximate surface area is 210 Å². The second kappa shape index (κ2) is 10.6. The van der Waals surface area contributed by atoms with Gasteiger partial charge in [0.25, 0.3) is 0 Å². The molecule has 0 spiro atoms. The van der Waals surface area contributed by atoms with Crippen LogP contribution in [-0.4, -0.2) is 43.5 Å². The van der Waals surface area contributed by atoms with Crippen LogP contribution in [-0.2, 0) is 12.8 Å². The van der Waals surface area contributed by atoms with E-state index in [0.717, 1.165) is 60.7 Å². The lowest BCUT2D eigenvalue weighted by atomic mass is 9.93. The average molecular weight is 487 g/mol. The van der Waals surface area contributed by atoms with Gasteiger partial charge in [0.2, 0.25) is 5.82 Å². The molecule has 4 aromatic rings. The molecular formula is C28H32N5OS+. The Morgan fingerprint density at radius 1 is 1.00 bits per heavy atom. The maximum atomic E-state index is 9.92. The summed E-state index contributed by atoms with van der Waals surface area (Å²) in [6.45, 7) is 6.50. The van der Waals surface area contributed by atoms with Crippen molar-refractivity contribution in [3.8, 4) is 0 Å². The summed E-state index contributed by atoms with van der Waals surface area (Å²) >= 11 is 1.64. The van der Waals surface area contributed by atoms with Gasteiger partial charge in [0.15, 0.2) is 5.13 Å². The van der Waals surface area contributed by atoms with Crippen LogP contribution in [0.4, 0.5) is 16.9 Å². The zero-order valence-electron chi connectivity index (χ0n) is 20.2. The minimum Gasteiger partial charge on any atom is -0.393 e. The van der Waals surface area contributed by atoms with E-state index >= 15 is 0 Å². The molecule has 0 unspecified atom stereocenters. The van der Waals surface area contributed by atoms with Crippen LogP contribution in [0.5, 0.6) is 0 Å². The molecule has 2 aromatic carbocycles. The molecule has 0 radical (unpaired) electrons. The van der Waals surface area contributed by atoms with Gasteiger partial charge in [-0.05, 0) is 60.3 Å². The van der Waals surface area contributed by atoms with Gasteiger partial charge in [-0.15, -0.1) is 0 Å². The van der Waals surface area contributed by atoms with Crippen molar-refractivity contribution < 1.29 is 9.68 Å². The van der Waals surface area contributed by atoms with Crippen molar-refractivity contribution in [2.45, 2.75) is 64.0 Å². The highest BCUT2D eigenvalue weighted by Crippen LogP contribution is 2.30. The van der Waals surface area contributed by atoms with E-state index in [1.54, 1.807) is 11.3 Å². The van der Waals surface area contributed by atoms with Gasteiger partial charge >= 0.3 is 5.95 Å². The van der Waals surface area contributed by atoms with Crippen LogP contribution < -0.4 is 5.32 Å². The van der Waals surface area contributed by atoms with E-state index in [2.05, 4.69) is 49.3 Å². The lowest BCUT2D eigenvalue weighted by molar-refractivity contribution is -0.489. The first kappa shape index (κ1) is 23.6. The Kier molecular flexibility index (Phi) is 7.16. The zero-order chi connectivity index (χ0) is 24.2. The quantitative estimate of drug-likeness (QED) is 0.235. The molecule has 5 rings (SSSR count). The van der Waals surface area contributed by atoms with Gasteiger partial charge in [-0.3, -0.25) is 0 Å². The molecule has 0 bridgehead atoms. The summed E-state index contributed by atoms with van der Waals surface area (Å²) in [4.78, 5) is 14.5. The van der Waals surface area contributed by atoms with Crippen molar-refractivity contribution in [3.63, 3.8) is 0 Å². The molecule has 35 heavy (non-hydrogen) atoms. The van der Waals surface area contributed by atoms with Crippen LogP contribution in [0, 0.1) is 0 Å². The summed E-state index contributed by atoms with van der Waals surface area (Å²) in [6, 6.07) is 19.1. The van der Waals surface area contributed by atoms with Crippen LogP contribution in [0.3, 0.4) is 0 Å². The zero-order valence-corrected chi connectivity index (χ0v) is 21.0. The Morgan fingerprint density at radius 2 is 1.80 bits per heavy atom. The van der Waals surface area contributed by atoms with Crippen molar-refractivity contribution in [2.75, 3.05) is 5.32 Å². The standard InChI is InChI=1S/C28H32N5OS/c1-3-7-19-10-15-24-25(17-19)35-28(30-24)32-26-18-21(16-20-8-5-4-6-9-20)29-27(31-26)33(2)22-11-13-23(34)14-12-22/h4-6,8-10,15,17-18,22-23,34H,2-3,7,11-14,16H2,1H3,(H,29,30,31,32)/q+1. The van der Waals surface area contributed by atoms with Crippen molar-refractivity contribution in [1.82, 2.24) is 15.0 Å². The van der Waals surface area contributed by atoms with E-state index < -0.39 is 0 Å². The number of aliphatic hydroxyl groups is 1. The van der Waals surface area contributed by atoms with E-state index in [0.29, 0.717) is 12.4 Å². The molecule has 1 aliphatic carbocycles. The lowest BCUT2D eigenvalue weighted by Gasteiger charge is -2.24. The molecule has 0 saturated heterocycles. The largest absolute Gasteiger partial charge is 0.434 e. The minimum absolute atomic E-state index is 0.209. The molecule has 1 saturated carbocycles. The molecule has 2 aromatic heterocycles. The molecule has 2 N–H and O–H groups in total. The number of hydrogen-bond acceptors (Lipinski definition) is 6. The fraction of sp³-hybridized carbons (Fsp3) is 0.357. The summed E-state index contributed by atoms with van der Waals surface area (Å²) in [5.41, 5.74) is 4.47. The number of aromatic nitrogens is 3. The number of fused-ring (bicyclic) bond motifs is 1. The number of hydrogen-bond donors (Lipinski definition) is 2. The van der Waals surface area contributed by atoms with Crippen LogP contribution in [0.25, 0.3) is 10.2 Å². The van der Waals surface area contributed by atoms with Crippen molar-refractivity contribution in [2.24, 2.45) is 0 Å². The molecule has 0 amide bonds. The maximum absolute atomic E-state index is 9.92. The third-order valence-corrected chi connectivity index (χ3v) is 7.52. The summed E-state index contributed by atoms with van der Waals surface area (Å²) in [5, 5.41) is 14.2. The Bertz CT molecular complexity index is 1310. The summed E-state index contributed by atoms with van der Waals surface area (Å²) in [5.74, 6) is 1.33. The smallest absolute Gasteiger partial charge is 0.393 e. The van der Waals surface area contributed by atoms with Crippen molar-refractivity contribution in [1.29, 1.82) is 0 Å². The van der Waals surface area contributed by atoms with Crippen LogP contribution in [0.1, 0.15) is 55.8 Å². The third-order valence-electron chi connectivity index (χ3n) is 6.59. The van der Waals surface area contributed by atoms with E-state index in [1.165, 1.54) is 15.8 Å². The first-order valence-electron chi connectivity index (χ1n) is 12.4. The maximum Gasteiger partial charge on any atom is 0.434 e. The average Bonchev–Trinajstić information content (AvgIpc) is 3.26. The number of aryl methyl sites for hydroxylation is 1.